The topological polar surface area (TPSA) is 118 Å². The second-order valence-electron chi connectivity index (χ2n) is 8.25. The van der Waals surface area contributed by atoms with E-state index in [9.17, 15) is 13.2 Å². The molecule has 1 aliphatic rings. The highest BCUT2D eigenvalue weighted by Gasteiger charge is 2.30. The van der Waals surface area contributed by atoms with Crippen molar-refractivity contribution in [3.8, 4) is 0 Å². The van der Waals surface area contributed by atoms with Crippen LogP contribution in [0.4, 0.5) is 5.13 Å². The second kappa shape index (κ2) is 8.38. The number of amides is 1. The van der Waals surface area contributed by atoms with Crippen LogP contribution in [0.3, 0.4) is 0 Å². The lowest BCUT2D eigenvalue weighted by atomic mass is 10.1. The minimum atomic E-state index is -3.69. The molecule has 3 rings (SSSR count). The smallest absolute Gasteiger partial charge is 0.265 e. The average Bonchev–Trinajstić information content (AvgIpc) is 3.17. The molecule has 30 heavy (non-hydrogen) atoms. The summed E-state index contributed by atoms with van der Waals surface area (Å²) < 4.78 is 31.1. The van der Waals surface area contributed by atoms with Crippen LogP contribution in [0.15, 0.2) is 17.2 Å². The van der Waals surface area contributed by atoms with E-state index in [1.165, 1.54) is 32.5 Å². The number of anilines is 1. The minimum absolute atomic E-state index is 0.0758. The average molecular weight is 474 g/mol. The third kappa shape index (κ3) is 5.09. The van der Waals surface area contributed by atoms with Gasteiger partial charge in [0.05, 0.1) is 6.67 Å². The molecule has 3 N–H and O–H groups in total. The number of primary amides is 1. The van der Waals surface area contributed by atoms with Crippen molar-refractivity contribution in [1.29, 1.82) is 0 Å². The van der Waals surface area contributed by atoms with Gasteiger partial charge in [-0.2, -0.15) is 4.31 Å². The van der Waals surface area contributed by atoms with Gasteiger partial charge in [0, 0.05) is 45.0 Å². The van der Waals surface area contributed by atoms with Crippen LogP contribution in [-0.2, 0) is 23.7 Å². The Morgan fingerprint density at radius 3 is 2.47 bits per heavy atom. The Bertz CT molecular complexity index is 1090. The van der Waals surface area contributed by atoms with Crippen LogP contribution in [0.1, 0.15) is 31.3 Å². The predicted molar refractivity (Wildman–Crippen MR) is 119 cm³/mol. The maximum absolute atomic E-state index is 12.9. The highest BCUT2D eigenvalue weighted by molar-refractivity contribution is 7.89. The van der Waals surface area contributed by atoms with Crippen molar-refractivity contribution in [2.24, 2.45) is 12.8 Å². The van der Waals surface area contributed by atoms with Gasteiger partial charge in [-0.25, -0.2) is 13.1 Å². The van der Waals surface area contributed by atoms with E-state index in [-0.39, 0.29) is 16.1 Å². The van der Waals surface area contributed by atoms with E-state index in [0.717, 1.165) is 5.13 Å². The third-order valence-corrected chi connectivity index (χ3v) is 7.71. The lowest BCUT2D eigenvalue weighted by Crippen LogP contribution is -2.48. The lowest BCUT2D eigenvalue weighted by molar-refractivity contribution is 0.0992. The molecule has 10 nitrogen and oxygen atoms in total. The van der Waals surface area contributed by atoms with E-state index >= 15 is 0 Å². The van der Waals surface area contributed by atoms with Crippen molar-refractivity contribution in [3.05, 3.63) is 21.9 Å². The van der Waals surface area contributed by atoms with Crippen molar-refractivity contribution < 1.29 is 13.2 Å². The summed E-state index contributed by atoms with van der Waals surface area (Å²) in [7, 11) is -2.10. The summed E-state index contributed by atoms with van der Waals surface area (Å²) in [6, 6.07) is 1.32. The molecule has 1 amide bonds. The number of piperazine rings is 1. The summed E-state index contributed by atoms with van der Waals surface area (Å²) in [5.74, 6) is -0.663. The van der Waals surface area contributed by atoms with Gasteiger partial charge in [0.1, 0.15) is 10.6 Å². The molecule has 0 radical (unpaired) electrons. The Hall–Kier alpha value is -1.80. The summed E-state index contributed by atoms with van der Waals surface area (Å²) in [5.41, 5.74) is 5.34. The number of hydrogen-bond acceptors (Lipinski definition) is 8. The van der Waals surface area contributed by atoms with Gasteiger partial charge in [0.2, 0.25) is 15.2 Å². The monoisotopic (exact) mass is 473 g/mol. The third-order valence-electron chi connectivity index (χ3n) is 4.62. The molecule has 0 atom stereocenters. The van der Waals surface area contributed by atoms with E-state index < -0.39 is 15.9 Å². The molecule has 1 saturated heterocycles. The summed E-state index contributed by atoms with van der Waals surface area (Å²) in [6.07, 6.45) is 1.42. The maximum Gasteiger partial charge on any atom is 0.265 e. The quantitative estimate of drug-likeness (QED) is 0.607. The Labute approximate surface area is 185 Å². The first-order chi connectivity index (χ1) is 13.9. The standard InChI is InChI=1S/C17H27N7O3S3/c1-17(2,3)19-15-20-24(16(28)29-15)11-22-5-7-23(8-6-22)30(26,27)12-9-13(14(18)25)21(4)10-12/h9-10H,5-8,11H2,1-4H3,(H2,18,25)(H,19,20). The summed E-state index contributed by atoms with van der Waals surface area (Å²) in [4.78, 5) is 13.6. The van der Waals surface area contributed by atoms with Crippen molar-refractivity contribution in [3.63, 3.8) is 0 Å². The molecular formula is C17H27N7O3S3. The van der Waals surface area contributed by atoms with Crippen LogP contribution in [0.25, 0.3) is 0 Å². The normalized spacial score (nSPS) is 16.7. The number of nitrogens with two attached hydrogens (primary N) is 1. The molecule has 0 spiro atoms. The number of rotatable bonds is 6. The fourth-order valence-electron chi connectivity index (χ4n) is 3.14. The fraction of sp³-hybridized carbons (Fsp3) is 0.588. The van der Waals surface area contributed by atoms with Crippen LogP contribution >= 0.6 is 23.6 Å². The van der Waals surface area contributed by atoms with E-state index in [4.69, 9.17) is 18.0 Å². The van der Waals surface area contributed by atoms with Crippen LogP contribution in [-0.4, -0.2) is 69.6 Å². The number of aromatic nitrogens is 3. The molecule has 0 aromatic carbocycles. The molecular weight excluding hydrogens is 446 g/mol. The van der Waals surface area contributed by atoms with Crippen LogP contribution < -0.4 is 11.1 Å². The first kappa shape index (κ1) is 22.9. The largest absolute Gasteiger partial charge is 0.364 e. The Balaban J connectivity index is 1.64. The molecule has 2 aromatic heterocycles. The van der Waals surface area contributed by atoms with Gasteiger partial charge in [-0.05, 0) is 39.1 Å². The number of nitrogens with one attached hydrogen (secondary N) is 1. The first-order valence-corrected chi connectivity index (χ1v) is 12.1. The number of nitrogens with zero attached hydrogens (tertiary/aromatic N) is 5. The maximum atomic E-state index is 12.9. The molecule has 0 unspecified atom stereocenters. The van der Waals surface area contributed by atoms with Crippen molar-refractivity contribution >= 4 is 44.6 Å². The zero-order valence-corrected chi connectivity index (χ0v) is 19.9. The molecule has 166 valence electrons. The van der Waals surface area contributed by atoms with E-state index in [1.54, 1.807) is 11.7 Å². The van der Waals surface area contributed by atoms with Crippen LogP contribution in [0.5, 0.6) is 0 Å². The number of aryl methyl sites for hydroxylation is 1. The number of hydrogen-bond donors (Lipinski definition) is 2. The molecule has 13 heteroatoms. The minimum Gasteiger partial charge on any atom is -0.364 e. The van der Waals surface area contributed by atoms with E-state index in [0.29, 0.717) is 36.8 Å². The number of sulfonamides is 1. The first-order valence-electron chi connectivity index (χ1n) is 9.41. The summed E-state index contributed by atoms with van der Waals surface area (Å²) in [6.45, 7) is 8.46. The molecule has 0 bridgehead atoms. The highest BCUT2D eigenvalue weighted by atomic mass is 32.2. The Morgan fingerprint density at radius 1 is 1.30 bits per heavy atom. The zero-order valence-electron chi connectivity index (χ0n) is 17.5. The van der Waals surface area contributed by atoms with Gasteiger partial charge >= 0.3 is 0 Å². The lowest BCUT2D eigenvalue weighted by Gasteiger charge is -2.33. The van der Waals surface area contributed by atoms with E-state index in [1.807, 2.05) is 0 Å². The molecule has 0 aliphatic carbocycles. The molecule has 1 fully saturated rings. The van der Waals surface area contributed by atoms with Gasteiger partial charge < -0.3 is 15.6 Å². The predicted octanol–water partition coefficient (Wildman–Crippen LogP) is 1.29. The Kier molecular flexibility index (Phi) is 6.39. The van der Waals surface area contributed by atoms with Gasteiger partial charge in [0.25, 0.3) is 5.91 Å². The van der Waals surface area contributed by atoms with Crippen LogP contribution in [0.2, 0.25) is 0 Å². The number of carbonyl (C=O) groups is 1. The second-order valence-corrected chi connectivity index (χ2v) is 11.8. The summed E-state index contributed by atoms with van der Waals surface area (Å²) >= 11 is 6.84. The highest BCUT2D eigenvalue weighted by Crippen LogP contribution is 2.22. The van der Waals surface area contributed by atoms with Crippen molar-refractivity contribution in [2.45, 2.75) is 37.9 Å². The summed E-state index contributed by atoms with van der Waals surface area (Å²) in [5, 5.41) is 8.62. The van der Waals surface area contributed by atoms with Crippen molar-refractivity contribution in [1.82, 2.24) is 23.6 Å². The molecule has 3 heterocycles. The fourth-order valence-corrected chi connectivity index (χ4v) is 5.83. The molecule has 0 saturated carbocycles. The SMILES string of the molecule is Cn1cc(S(=O)(=O)N2CCN(Cn3nc(NC(C)(C)C)sc3=S)CC2)cc1C(N)=O. The number of carbonyl (C=O) groups excluding carboxylic acids is 1. The Morgan fingerprint density at radius 2 is 1.93 bits per heavy atom. The molecule has 2 aromatic rings. The van der Waals surface area contributed by atoms with Gasteiger partial charge in [0.15, 0.2) is 3.95 Å². The van der Waals surface area contributed by atoms with Crippen LogP contribution in [0, 0.1) is 3.95 Å². The van der Waals surface area contributed by atoms with Gasteiger partial charge in [-0.15, -0.1) is 5.10 Å². The van der Waals surface area contributed by atoms with Gasteiger partial charge in [-0.3, -0.25) is 9.69 Å². The molecule has 1 aliphatic heterocycles. The van der Waals surface area contributed by atoms with Gasteiger partial charge in [-0.1, -0.05) is 11.3 Å². The zero-order chi connectivity index (χ0) is 22.3. The van der Waals surface area contributed by atoms with Crippen molar-refractivity contribution in [2.75, 3.05) is 31.5 Å². The van der Waals surface area contributed by atoms with E-state index in [2.05, 4.69) is 36.1 Å².